The maximum absolute atomic E-state index is 12.8. The van der Waals surface area contributed by atoms with Crippen LogP contribution in [0.3, 0.4) is 0 Å². The number of Topliss-reactive ketones (excluding diaryl/α,β-unsaturated/α-hetero) is 1. The lowest BCUT2D eigenvalue weighted by Crippen LogP contribution is -2.52. The summed E-state index contributed by atoms with van der Waals surface area (Å²) in [5, 5.41) is 16.9. The molecule has 44 heavy (non-hydrogen) atoms. The molecular formula is C31H37N5O8. The summed E-state index contributed by atoms with van der Waals surface area (Å²) in [6.45, 7) is 3.52. The third-order valence-electron chi connectivity index (χ3n) is 6.95. The number of ether oxygens (including phenoxy) is 2. The van der Waals surface area contributed by atoms with Crippen LogP contribution in [0.4, 0.5) is 4.79 Å². The molecule has 0 saturated carbocycles. The van der Waals surface area contributed by atoms with Crippen molar-refractivity contribution in [2.75, 3.05) is 26.4 Å². The van der Waals surface area contributed by atoms with E-state index < -0.39 is 48.4 Å². The first-order valence-electron chi connectivity index (χ1n) is 14.3. The number of amides is 3. The molecule has 0 bridgehead atoms. The molecule has 3 rings (SSSR count). The predicted octanol–water partition coefficient (Wildman–Crippen LogP) is 2.29. The summed E-state index contributed by atoms with van der Waals surface area (Å²) in [4.78, 5) is 63.3. The zero-order valence-corrected chi connectivity index (χ0v) is 24.7. The van der Waals surface area contributed by atoms with Gasteiger partial charge in [-0.3, -0.25) is 14.4 Å². The van der Waals surface area contributed by atoms with Crippen LogP contribution in [0.1, 0.15) is 50.2 Å². The van der Waals surface area contributed by atoms with Gasteiger partial charge in [0, 0.05) is 18.9 Å². The molecule has 0 heterocycles. The summed E-state index contributed by atoms with van der Waals surface area (Å²) >= 11 is 0. The number of alkyl carbamates (subject to hydrolysis) is 1. The number of nitrogens with one attached hydrogen (secondary N) is 3. The molecule has 0 aromatic heterocycles. The Morgan fingerprint density at radius 2 is 1.61 bits per heavy atom. The number of ketones is 1. The van der Waals surface area contributed by atoms with Crippen molar-refractivity contribution < 1.29 is 43.3 Å². The third kappa shape index (κ3) is 9.85. The second kappa shape index (κ2) is 16.7. The molecule has 2 aromatic carbocycles. The molecule has 0 aliphatic heterocycles. The molecule has 0 radical (unpaired) electrons. The van der Waals surface area contributed by atoms with Gasteiger partial charge in [-0.1, -0.05) is 62.4 Å². The Morgan fingerprint density at radius 3 is 2.20 bits per heavy atom. The van der Waals surface area contributed by atoms with Gasteiger partial charge in [0.15, 0.2) is 0 Å². The van der Waals surface area contributed by atoms with Crippen LogP contribution in [0.5, 0.6) is 0 Å². The fourth-order valence-electron chi connectivity index (χ4n) is 4.92. The molecule has 13 heteroatoms. The van der Waals surface area contributed by atoms with Crippen LogP contribution in [-0.4, -0.2) is 84.2 Å². The van der Waals surface area contributed by atoms with Gasteiger partial charge >= 0.3 is 18.3 Å². The van der Waals surface area contributed by atoms with Gasteiger partial charge in [0.25, 0.3) is 0 Å². The van der Waals surface area contributed by atoms with Gasteiger partial charge in [0.05, 0.1) is 6.61 Å². The number of carboxylic acid groups (broad SMARTS) is 1. The Hall–Kier alpha value is -4.87. The molecule has 2 unspecified atom stereocenters. The second-order valence-electron chi connectivity index (χ2n) is 10.7. The highest BCUT2D eigenvalue weighted by Gasteiger charge is 2.29. The Balaban J connectivity index is 1.40. The highest BCUT2D eigenvalue weighted by atomic mass is 16.5. The molecule has 2 aromatic rings. The Kier molecular flexibility index (Phi) is 12.8. The van der Waals surface area contributed by atoms with E-state index in [0.717, 1.165) is 22.3 Å². The van der Waals surface area contributed by atoms with Crippen molar-refractivity contribution >= 4 is 35.9 Å². The van der Waals surface area contributed by atoms with E-state index in [2.05, 4.69) is 20.7 Å². The van der Waals surface area contributed by atoms with Crippen LogP contribution in [0, 0.1) is 5.92 Å². The Morgan fingerprint density at radius 1 is 0.977 bits per heavy atom. The first-order valence-corrected chi connectivity index (χ1v) is 14.3. The van der Waals surface area contributed by atoms with Crippen LogP contribution in [-0.2, 0) is 28.7 Å². The van der Waals surface area contributed by atoms with Gasteiger partial charge in [-0.05, 0) is 41.0 Å². The molecule has 13 nitrogen and oxygen atoms in total. The van der Waals surface area contributed by atoms with Crippen molar-refractivity contribution in [3.05, 3.63) is 65.2 Å². The fraction of sp³-hybridized carbons (Fsp3) is 0.419. The predicted molar refractivity (Wildman–Crippen MR) is 159 cm³/mol. The maximum atomic E-state index is 12.8. The monoisotopic (exact) mass is 607 g/mol. The quantitative estimate of drug-likeness (QED) is 0.0909. The fourth-order valence-corrected chi connectivity index (χ4v) is 4.92. The van der Waals surface area contributed by atoms with Crippen molar-refractivity contribution in [2.45, 2.75) is 51.1 Å². The first-order chi connectivity index (χ1) is 21.1. The summed E-state index contributed by atoms with van der Waals surface area (Å²) in [6, 6.07) is 13.6. The standard InChI is InChI=1S/C31H37N5O8/c1-19(2)15-27(29(39)36-26(30(40)41)12-11-20(37)16-34-32)35-28(38)18-43-14-13-33-31(42)44-17-25-23-9-5-3-7-21(23)22-8-4-6-10-24(22)25/h3-10,16,19,25-27H,11-15,17-18H2,1-2H3,(H,33,42)(H,35,38)(H,36,39)(H,40,41). The molecule has 3 amide bonds. The summed E-state index contributed by atoms with van der Waals surface area (Å²) in [6.07, 6.45) is -0.236. The van der Waals surface area contributed by atoms with Gasteiger partial charge in [-0.25, -0.2) is 9.59 Å². The lowest BCUT2D eigenvalue weighted by molar-refractivity contribution is -0.142. The highest BCUT2D eigenvalue weighted by Crippen LogP contribution is 2.44. The minimum absolute atomic E-state index is 0.00488. The highest BCUT2D eigenvalue weighted by molar-refractivity contribution is 6.25. The second-order valence-corrected chi connectivity index (χ2v) is 10.7. The average Bonchev–Trinajstić information content (AvgIpc) is 3.31. The van der Waals surface area contributed by atoms with Crippen LogP contribution in [0.15, 0.2) is 48.5 Å². The molecule has 1 aliphatic carbocycles. The van der Waals surface area contributed by atoms with Gasteiger partial charge < -0.3 is 36.1 Å². The smallest absolute Gasteiger partial charge is 0.407 e. The lowest BCUT2D eigenvalue weighted by atomic mass is 9.98. The van der Waals surface area contributed by atoms with Crippen LogP contribution < -0.4 is 16.0 Å². The topological polar surface area (TPSA) is 197 Å². The van der Waals surface area contributed by atoms with E-state index in [1.165, 1.54) is 0 Å². The molecular weight excluding hydrogens is 570 g/mol. The number of fused-ring (bicyclic) bond motifs is 3. The number of carbonyl (C=O) groups excluding carboxylic acids is 4. The van der Waals surface area contributed by atoms with Crippen molar-refractivity contribution in [1.82, 2.24) is 16.0 Å². The number of nitrogens with zero attached hydrogens (tertiary/aromatic N) is 2. The minimum Gasteiger partial charge on any atom is -0.480 e. The molecule has 1 aliphatic rings. The lowest BCUT2D eigenvalue weighted by Gasteiger charge is -2.22. The summed E-state index contributed by atoms with van der Waals surface area (Å²) in [5.41, 5.74) is 12.9. The summed E-state index contributed by atoms with van der Waals surface area (Å²) < 4.78 is 10.8. The van der Waals surface area contributed by atoms with Gasteiger partial charge in [-0.15, -0.1) is 0 Å². The van der Waals surface area contributed by atoms with E-state index in [-0.39, 0.29) is 50.9 Å². The number of carbonyl (C=O) groups is 5. The Labute approximate surface area is 254 Å². The van der Waals surface area contributed by atoms with Crippen LogP contribution in [0.2, 0.25) is 0 Å². The largest absolute Gasteiger partial charge is 0.480 e. The zero-order valence-electron chi connectivity index (χ0n) is 24.7. The minimum atomic E-state index is -1.38. The number of benzene rings is 2. The van der Waals surface area contributed by atoms with Crippen molar-refractivity contribution in [2.24, 2.45) is 5.92 Å². The van der Waals surface area contributed by atoms with E-state index in [9.17, 15) is 29.1 Å². The number of carboxylic acids is 1. The van der Waals surface area contributed by atoms with Gasteiger partial charge in [-0.2, -0.15) is 4.79 Å². The first kappa shape index (κ1) is 33.6. The molecule has 0 saturated heterocycles. The molecule has 0 fully saturated rings. The van der Waals surface area contributed by atoms with Crippen molar-refractivity contribution in [3.8, 4) is 11.1 Å². The summed E-state index contributed by atoms with van der Waals surface area (Å²) in [5.74, 6) is -3.37. The number of hydrogen-bond donors (Lipinski definition) is 4. The van der Waals surface area contributed by atoms with Crippen LogP contribution >= 0.6 is 0 Å². The number of aliphatic carboxylic acids is 1. The zero-order chi connectivity index (χ0) is 32.1. The van der Waals surface area contributed by atoms with Crippen molar-refractivity contribution in [1.29, 1.82) is 0 Å². The van der Waals surface area contributed by atoms with E-state index in [0.29, 0.717) is 6.21 Å². The third-order valence-corrected chi connectivity index (χ3v) is 6.95. The normalized spacial score (nSPS) is 13.1. The van der Waals surface area contributed by atoms with E-state index in [1.54, 1.807) is 0 Å². The SMILES string of the molecule is CC(C)CC(NC(=O)COCCNC(=O)OCC1c2ccccc2-c2ccccc21)C(=O)NC(CCC(=O)C=[N+]=[N-])C(=O)O. The molecule has 4 N–H and O–H groups in total. The number of hydrogen-bond acceptors (Lipinski definition) is 7. The van der Waals surface area contributed by atoms with Crippen LogP contribution in [0.25, 0.3) is 16.7 Å². The van der Waals surface area contributed by atoms with E-state index in [1.807, 2.05) is 62.4 Å². The van der Waals surface area contributed by atoms with Gasteiger partial charge in [0.2, 0.25) is 17.6 Å². The number of rotatable bonds is 17. The molecule has 0 spiro atoms. The van der Waals surface area contributed by atoms with E-state index >= 15 is 0 Å². The molecule has 2 atom stereocenters. The molecule has 234 valence electrons. The van der Waals surface area contributed by atoms with E-state index in [4.69, 9.17) is 15.0 Å². The van der Waals surface area contributed by atoms with Gasteiger partial charge in [0.1, 0.15) is 25.3 Å². The Bertz CT molecular complexity index is 1360. The average molecular weight is 608 g/mol. The van der Waals surface area contributed by atoms with Crippen molar-refractivity contribution in [3.63, 3.8) is 0 Å². The summed E-state index contributed by atoms with van der Waals surface area (Å²) in [7, 11) is 0. The maximum Gasteiger partial charge on any atom is 0.407 e.